The van der Waals surface area contributed by atoms with Crippen molar-refractivity contribution in [3.8, 4) is 11.1 Å². The van der Waals surface area contributed by atoms with Crippen molar-refractivity contribution in [1.29, 1.82) is 0 Å². The first-order valence-electron chi connectivity index (χ1n) is 11.0. The third-order valence-corrected chi connectivity index (χ3v) is 6.51. The maximum atomic E-state index is 13.4. The quantitative estimate of drug-likeness (QED) is 0.398. The first-order chi connectivity index (χ1) is 14.0. The van der Waals surface area contributed by atoms with Gasteiger partial charge in [0.1, 0.15) is 6.29 Å². The summed E-state index contributed by atoms with van der Waals surface area (Å²) in [6.45, 7) is 1.53. The van der Waals surface area contributed by atoms with E-state index < -0.39 is 5.92 Å². The van der Waals surface area contributed by atoms with Gasteiger partial charge in [-0.1, -0.05) is 55.5 Å². The summed E-state index contributed by atoms with van der Waals surface area (Å²) >= 11 is 0. The van der Waals surface area contributed by atoms with Crippen molar-refractivity contribution in [2.45, 2.75) is 76.6 Å². The van der Waals surface area contributed by atoms with Crippen LogP contribution >= 0.6 is 0 Å². The zero-order valence-electron chi connectivity index (χ0n) is 17.4. The Kier molecular flexibility index (Phi) is 7.57. The van der Waals surface area contributed by atoms with Gasteiger partial charge in [0.2, 0.25) is 5.92 Å². The Labute approximate surface area is 173 Å². The summed E-state index contributed by atoms with van der Waals surface area (Å²) < 4.78 is 26.9. The highest BCUT2D eigenvalue weighted by molar-refractivity contribution is 5.64. The molecule has 29 heavy (non-hydrogen) atoms. The smallest absolute Gasteiger partial charge is 0.248 e. The van der Waals surface area contributed by atoms with Gasteiger partial charge in [0.25, 0.3) is 0 Å². The highest BCUT2D eigenvalue weighted by atomic mass is 19.3. The van der Waals surface area contributed by atoms with Crippen LogP contribution in [0.4, 0.5) is 8.78 Å². The van der Waals surface area contributed by atoms with E-state index in [1.807, 2.05) is 24.3 Å². The number of carbonyl (C=O) groups is 1. The molecule has 0 N–H and O–H groups in total. The molecule has 0 radical (unpaired) electrons. The summed E-state index contributed by atoms with van der Waals surface area (Å²) in [7, 11) is 0. The minimum absolute atomic E-state index is 0.0884. The van der Waals surface area contributed by atoms with Crippen LogP contribution in [0.25, 0.3) is 11.1 Å². The van der Waals surface area contributed by atoms with Crippen molar-refractivity contribution >= 4 is 6.29 Å². The number of hydrogen-bond donors (Lipinski definition) is 0. The molecule has 0 atom stereocenters. The van der Waals surface area contributed by atoms with Crippen LogP contribution in [0.3, 0.4) is 0 Å². The zero-order valence-corrected chi connectivity index (χ0v) is 17.4. The molecule has 0 heterocycles. The van der Waals surface area contributed by atoms with Crippen molar-refractivity contribution in [3.05, 3.63) is 59.7 Å². The highest BCUT2D eigenvalue weighted by Crippen LogP contribution is 2.38. The molecule has 2 aromatic rings. The van der Waals surface area contributed by atoms with Crippen LogP contribution in [-0.4, -0.2) is 12.2 Å². The normalized spacial score (nSPS) is 19.8. The number of benzene rings is 2. The predicted octanol–water partition coefficient (Wildman–Crippen LogP) is 7.58. The molecule has 156 valence electrons. The molecule has 1 aliphatic rings. The van der Waals surface area contributed by atoms with E-state index in [0.29, 0.717) is 24.7 Å². The molecule has 1 saturated carbocycles. The number of aryl methyl sites for hydroxylation is 1. The minimum atomic E-state index is -2.57. The first-order valence-corrected chi connectivity index (χ1v) is 11.0. The fourth-order valence-electron chi connectivity index (χ4n) is 4.40. The summed E-state index contributed by atoms with van der Waals surface area (Å²) in [5, 5.41) is 0. The summed E-state index contributed by atoms with van der Waals surface area (Å²) in [6, 6.07) is 16.8. The topological polar surface area (TPSA) is 17.1 Å². The highest BCUT2D eigenvalue weighted by Gasteiger charge is 2.25. The van der Waals surface area contributed by atoms with Gasteiger partial charge >= 0.3 is 0 Å². The van der Waals surface area contributed by atoms with Gasteiger partial charge in [-0.05, 0) is 72.6 Å². The van der Waals surface area contributed by atoms with Gasteiger partial charge in [-0.2, -0.15) is 0 Å². The lowest BCUT2D eigenvalue weighted by molar-refractivity contribution is -0.108. The van der Waals surface area contributed by atoms with E-state index in [4.69, 9.17) is 0 Å². The number of hydrogen-bond acceptors (Lipinski definition) is 1. The molecular weight excluding hydrogens is 366 g/mol. The fourth-order valence-corrected chi connectivity index (χ4v) is 4.40. The van der Waals surface area contributed by atoms with Crippen LogP contribution < -0.4 is 0 Å². The Hall–Kier alpha value is -2.03. The van der Waals surface area contributed by atoms with Gasteiger partial charge in [0, 0.05) is 19.3 Å². The molecule has 0 aliphatic heterocycles. The molecule has 0 amide bonds. The van der Waals surface area contributed by atoms with Crippen LogP contribution in [0.5, 0.6) is 0 Å². The van der Waals surface area contributed by atoms with E-state index in [2.05, 4.69) is 24.3 Å². The average Bonchev–Trinajstić information content (AvgIpc) is 2.77. The summed E-state index contributed by atoms with van der Waals surface area (Å²) in [5.41, 5.74) is 4.66. The number of alkyl halides is 2. The van der Waals surface area contributed by atoms with Crippen molar-refractivity contribution in [2.75, 3.05) is 0 Å². The molecule has 0 aromatic heterocycles. The summed E-state index contributed by atoms with van der Waals surface area (Å²) in [6.07, 6.45) is 7.86. The van der Waals surface area contributed by atoms with Gasteiger partial charge in [-0.3, -0.25) is 0 Å². The van der Waals surface area contributed by atoms with E-state index >= 15 is 0 Å². The molecule has 0 saturated heterocycles. The number of aldehydes is 1. The standard InChI is InChI=1S/C26H32F2O/c1-2-26(27,28)18-17-21-7-11-23(12-8-21)25-15-13-24(14-16-25)22-9-5-20(6-10-22)4-3-19-29/h7-8,11-16,19-20,22H,2-6,9-10,17-18H2,1H3. The molecule has 1 fully saturated rings. The van der Waals surface area contributed by atoms with E-state index in [-0.39, 0.29) is 12.8 Å². The first kappa shape index (κ1) is 21.7. The van der Waals surface area contributed by atoms with Crippen molar-refractivity contribution in [1.82, 2.24) is 0 Å². The monoisotopic (exact) mass is 398 g/mol. The largest absolute Gasteiger partial charge is 0.303 e. The second kappa shape index (κ2) is 10.1. The van der Waals surface area contributed by atoms with E-state index in [1.54, 1.807) is 0 Å². The summed E-state index contributed by atoms with van der Waals surface area (Å²) in [5.74, 6) is -1.23. The Morgan fingerprint density at radius 2 is 1.52 bits per heavy atom. The number of rotatable bonds is 9. The average molecular weight is 399 g/mol. The Morgan fingerprint density at radius 3 is 2.07 bits per heavy atom. The minimum Gasteiger partial charge on any atom is -0.303 e. The van der Waals surface area contributed by atoms with Crippen LogP contribution in [0.2, 0.25) is 0 Å². The van der Waals surface area contributed by atoms with Crippen LogP contribution in [0.1, 0.15) is 75.3 Å². The summed E-state index contributed by atoms with van der Waals surface area (Å²) in [4.78, 5) is 10.6. The third-order valence-electron chi connectivity index (χ3n) is 6.51. The lowest BCUT2D eigenvalue weighted by atomic mass is 9.77. The maximum absolute atomic E-state index is 13.4. The Balaban J connectivity index is 1.55. The second-order valence-corrected chi connectivity index (χ2v) is 8.49. The molecule has 2 aromatic carbocycles. The SMILES string of the molecule is CCC(F)(F)CCc1ccc(-c2ccc(C3CCC(CCC=O)CC3)cc2)cc1. The predicted molar refractivity (Wildman–Crippen MR) is 115 cm³/mol. The van der Waals surface area contributed by atoms with Gasteiger partial charge in [0.15, 0.2) is 0 Å². The van der Waals surface area contributed by atoms with Gasteiger partial charge < -0.3 is 4.79 Å². The van der Waals surface area contributed by atoms with Crippen LogP contribution in [-0.2, 0) is 11.2 Å². The molecule has 0 unspecified atom stereocenters. The van der Waals surface area contributed by atoms with Gasteiger partial charge in [-0.25, -0.2) is 8.78 Å². The Bertz CT molecular complexity index is 756. The van der Waals surface area contributed by atoms with Crippen LogP contribution in [0.15, 0.2) is 48.5 Å². The molecule has 3 rings (SSSR count). The molecular formula is C26H32F2O. The molecule has 0 spiro atoms. The molecule has 1 aliphatic carbocycles. The molecule has 1 nitrogen and oxygen atoms in total. The van der Waals surface area contributed by atoms with Gasteiger partial charge in [0.05, 0.1) is 0 Å². The van der Waals surface area contributed by atoms with E-state index in [1.165, 1.54) is 43.7 Å². The number of halogens is 2. The number of carbonyl (C=O) groups excluding carboxylic acids is 1. The second-order valence-electron chi connectivity index (χ2n) is 8.49. The fraction of sp³-hybridized carbons (Fsp3) is 0.500. The van der Waals surface area contributed by atoms with E-state index in [9.17, 15) is 13.6 Å². The Morgan fingerprint density at radius 1 is 0.931 bits per heavy atom. The third kappa shape index (κ3) is 6.22. The van der Waals surface area contributed by atoms with Crippen molar-refractivity contribution < 1.29 is 13.6 Å². The molecule has 0 bridgehead atoms. The zero-order chi connectivity index (χ0) is 20.7. The van der Waals surface area contributed by atoms with Gasteiger partial charge in [-0.15, -0.1) is 0 Å². The lowest BCUT2D eigenvalue weighted by Crippen LogP contribution is -2.15. The van der Waals surface area contributed by atoms with Crippen molar-refractivity contribution in [2.24, 2.45) is 5.92 Å². The lowest BCUT2D eigenvalue weighted by Gasteiger charge is -2.28. The molecule has 3 heteroatoms. The van der Waals surface area contributed by atoms with Crippen LogP contribution in [0, 0.1) is 5.92 Å². The van der Waals surface area contributed by atoms with Crippen molar-refractivity contribution in [3.63, 3.8) is 0 Å². The van der Waals surface area contributed by atoms with E-state index in [0.717, 1.165) is 23.8 Å². The maximum Gasteiger partial charge on any atom is 0.248 e.